The van der Waals surface area contributed by atoms with Crippen LogP contribution in [0, 0.1) is 0 Å². The molecular weight excluding hydrogens is 249 g/mol. The van der Waals surface area contributed by atoms with Crippen LogP contribution in [0.4, 0.5) is 0 Å². The van der Waals surface area contributed by atoms with Crippen molar-refractivity contribution in [1.82, 2.24) is 4.90 Å². The van der Waals surface area contributed by atoms with Gasteiger partial charge in [-0.15, -0.1) is 11.6 Å². The van der Waals surface area contributed by atoms with Crippen LogP contribution >= 0.6 is 23.2 Å². The van der Waals surface area contributed by atoms with E-state index in [-0.39, 0.29) is 22.6 Å². The molecule has 0 saturated carbocycles. The smallest absolute Gasteiger partial charge is 0.257 e. The quantitative estimate of drug-likeness (QED) is 0.851. The van der Waals surface area contributed by atoms with Crippen LogP contribution in [0.15, 0.2) is 18.2 Å². The second-order valence-corrected chi connectivity index (χ2v) is 4.81. The van der Waals surface area contributed by atoms with E-state index in [0.29, 0.717) is 11.6 Å². The van der Waals surface area contributed by atoms with E-state index in [0.717, 1.165) is 0 Å². The summed E-state index contributed by atoms with van der Waals surface area (Å²) in [5.41, 5.74) is 0.187. The van der Waals surface area contributed by atoms with Gasteiger partial charge in [0.15, 0.2) is 0 Å². The molecule has 1 unspecified atom stereocenters. The number of hydrogen-bond acceptors (Lipinski definition) is 2. The first-order chi connectivity index (χ1) is 7.41. The summed E-state index contributed by atoms with van der Waals surface area (Å²) < 4.78 is 0. The Balaban J connectivity index is 2.91. The summed E-state index contributed by atoms with van der Waals surface area (Å²) in [6.07, 6.45) is 0. The predicted octanol–water partition coefficient (Wildman–Crippen LogP) is 2.74. The van der Waals surface area contributed by atoms with E-state index in [9.17, 15) is 9.90 Å². The monoisotopic (exact) mass is 261 g/mol. The number of phenolic OH excluding ortho intramolecular Hbond substituents is 1. The molecule has 1 aromatic carbocycles. The van der Waals surface area contributed by atoms with Crippen molar-refractivity contribution < 1.29 is 9.90 Å². The average Bonchev–Trinajstić information content (AvgIpc) is 2.19. The average molecular weight is 262 g/mol. The lowest BCUT2D eigenvalue weighted by atomic mass is 10.1. The van der Waals surface area contributed by atoms with Gasteiger partial charge < -0.3 is 10.0 Å². The lowest BCUT2D eigenvalue weighted by Gasteiger charge is -2.19. The van der Waals surface area contributed by atoms with Crippen LogP contribution < -0.4 is 0 Å². The summed E-state index contributed by atoms with van der Waals surface area (Å²) in [6.45, 7) is 2.20. The Labute approximate surface area is 105 Å². The number of rotatable bonds is 3. The maximum absolute atomic E-state index is 11.9. The Bertz CT molecular complexity index is 394. The molecule has 1 rings (SSSR count). The predicted molar refractivity (Wildman–Crippen MR) is 65.4 cm³/mol. The first kappa shape index (κ1) is 13.1. The highest BCUT2D eigenvalue weighted by Crippen LogP contribution is 2.22. The van der Waals surface area contributed by atoms with Crippen molar-refractivity contribution in [1.29, 1.82) is 0 Å². The number of hydrogen-bond donors (Lipinski definition) is 1. The maximum atomic E-state index is 11.9. The Hall–Kier alpha value is -0.930. The summed E-state index contributed by atoms with van der Waals surface area (Å²) in [4.78, 5) is 13.3. The first-order valence-electron chi connectivity index (χ1n) is 4.80. The fraction of sp³-hybridized carbons (Fsp3) is 0.364. The second-order valence-electron chi connectivity index (χ2n) is 3.63. The molecule has 88 valence electrons. The minimum atomic E-state index is -0.299. The number of alkyl halides is 1. The van der Waals surface area contributed by atoms with Crippen molar-refractivity contribution in [3.63, 3.8) is 0 Å². The van der Waals surface area contributed by atoms with Crippen molar-refractivity contribution in [2.45, 2.75) is 12.3 Å². The Morgan fingerprint density at radius 1 is 1.56 bits per heavy atom. The van der Waals surface area contributed by atoms with Crippen LogP contribution in [0.2, 0.25) is 5.02 Å². The summed E-state index contributed by atoms with van der Waals surface area (Å²) >= 11 is 11.6. The molecule has 0 saturated heterocycles. The number of nitrogens with zero attached hydrogens (tertiary/aromatic N) is 1. The fourth-order valence-electron chi connectivity index (χ4n) is 1.35. The summed E-state index contributed by atoms with van der Waals surface area (Å²) in [5, 5.41) is 9.82. The molecular formula is C11H13Cl2NO2. The van der Waals surface area contributed by atoms with E-state index >= 15 is 0 Å². The molecule has 1 amide bonds. The lowest BCUT2D eigenvalue weighted by molar-refractivity contribution is 0.0793. The third-order valence-corrected chi connectivity index (χ3v) is 2.43. The molecule has 0 spiro atoms. The maximum Gasteiger partial charge on any atom is 0.257 e. The molecule has 16 heavy (non-hydrogen) atoms. The zero-order chi connectivity index (χ0) is 12.3. The molecule has 0 aliphatic heterocycles. The molecule has 0 bridgehead atoms. The van der Waals surface area contributed by atoms with Gasteiger partial charge in [0, 0.05) is 24.0 Å². The van der Waals surface area contributed by atoms with E-state index in [1.165, 1.54) is 23.1 Å². The largest absolute Gasteiger partial charge is 0.507 e. The number of carbonyl (C=O) groups excluding carboxylic acids is 1. The van der Waals surface area contributed by atoms with Gasteiger partial charge in [-0.2, -0.15) is 0 Å². The number of carbonyl (C=O) groups is 1. The molecule has 0 aliphatic rings. The standard InChI is InChI=1S/C11H13Cl2NO2/c1-7(12)6-14(2)11(16)9-5-8(13)3-4-10(9)15/h3-5,7,15H,6H2,1-2H3. The Morgan fingerprint density at radius 2 is 2.19 bits per heavy atom. The highest BCUT2D eigenvalue weighted by Gasteiger charge is 2.17. The summed E-state index contributed by atoms with van der Waals surface area (Å²) in [6, 6.07) is 4.36. The van der Waals surface area contributed by atoms with Crippen LogP contribution in [-0.2, 0) is 0 Å². The van der Waals surface area contributed by atoms with Crippen LogP contribution in [0.5, 0.6) is 5.75 Å². The zero-order valence-corrected chi connectivity index (χ0v) is 10.6. The first-order valence-corrected chi connectivity index (χ1v) is 5.61. The molecule has 0 fully saturated rings. The van der Waals surface area contributed by atoms with E-state index in [1.54, 1.807) is 14.0 Å². The van der Waals surface area contributed by atoms with Gasteiger partial charge in [0.05, 0.1) is 5.56 Å². The van der Waals surface area contributed by atoms with Gasteiger partial charge in [-0.05, 0) is 25.1 Å². The third kappa shape index (κ3) is 3.29. The SMILES string of the molecule is CC(Cl)CN(C)C(=O)c1cc(Cl)ccc1O. The van der Waals surface area contributed by atoms with Crippen LogP contribution in [-0.4, -0.2) is 34.9 Å². The second kappa shape index (κ2) is 5.41. The number of amides is 1. The fourth-order valence-corrected chi connectivity index (χ4v) is 1.72. The molecule has 0 aliphatic carbocycles. The van der Waals surface area contributed by atoms with Gasteiger partial charge in [-0.3, -0.25) is 4.79 Å². The third-order valence-electron chi connectivity index (χ3n) is 2.06. The molecule has 0 heterocycles. The van der Waals surface area contributed by atoms with Crippen molar-refractivity contribution in [2.75, 3.05) is 13.6 Å². The van der Waals surface area contributed by atoms with Crippen molar-refractivity contribution in [3.05, 3.63) is 28.8 Å². The molecule has 1 aromatic rings. The molecule has 1 atom stereocenters. The summed E-state index contributed by atoms with van der Waals surface area (Å²) in [7, 11) is 1.63. The number of aromatic hydroxyl groups is 1. The minimum absolute atomic E-state index is 0.0801. The number of phenols is 1. The summed E-state index contributed by atoms with van der Waals surface area (Å²) in [5.74, 6) is -0.379. The molecule has 0 aromatic heterocycles. The van der Waals surface area contributed by atoms with E-state index in [2.05, 4.69) is 0 Å². The van der Waals surface area contributed by atoms with E-state index in [4.69, 9.17) is 23.2 Å². The zero-order valence-electron chi connectivity index (χ0n) is 9.08. The van der Waals surface area contributed by atoms with Crippen molar-refractivity contribution in [3.8, 4) is 5.75 Å². The van der Waals surface area contributed by atoms with E-state index in [1.807, 2.05) is 0 Å². The topological polar surface area (TPSA) is 40.5 Å². The normalized spacial score (nSPS) is 12.2. The van der Waals surface area contributed by atoms with Crippen LogP contribution in [0.1, 0.15) is 17.3 Å². The van der Waals surface area contributed by atoms with Crippen molar-refractivity contribution >= 4 is 29.1 Å². The van der Waals surface area contributed by atoms with Gasteiger partial charge in [-0.1, -0.05) is 11.6 Å². The molecule has 3 nitrogen and oxygen atoms in total. The van der Waals surface area contributed by atoms with E-state index < -0.39 is 0 Å². The number of benzene rings is 1. The lowest BCUT2D eigenvalue weighted by Crippen LogP contribution is -2.31. The van der Waals surface area contributed by atoms with Gasteiger partial charge in [0.25, 0.3) is 5.91 Å². The van der Waals surface area contributed by atoms with Crippen LogP contribution in [0.25, 0.3) is 0 Å². The molecule has 0 radical (unpaired) electrons. The Morgan fingerprint density at radius 3 is 2.75 bits per heavy atom. The van der Waals surface area contributed by atoms with Gasteiger partial charge in [0.2, 0.25) is 0 Å². The van der Waals surface area contributed by atoms with Gasteiger partial charge in [0.1, 0.15) is 5.75 Å². The minimum Gasteiger partial charge on any atom is -0.507 e. The van der Waals surface area contributed by atoms with Crippen molar-refractivity contribution in [2.24, 2.45) is 0 Å². The molecule has 5 heteroatoms. The highest BCUT2D eigenvalue weighted by molar-refractivity contribution is 6.31. The Kier molecular flexibility index (Phi) is 4.44. The number of halogens is 2. The van der Waals surface area contributed by atoms with Gasteiger partial charge in [-0.25, -0.2) is 0 Å². The molecule has 1 N–H and O–H groups in total. The highest BCUT2D eigenvalue weighted by atomic mass is 35.5. The van der Waals surface area contributed by atoms with Gasteiger partial charge >= 0.3 is 0 Å². The van der Waals surface area contributed by atoms with Crippen LogP contribution in [0.3, 0.4) is 0 Å².